The molecular weight excluding hydrogens is 248 g/mol. The first-order valence-corrected chi connectivity index (χ1v) is 4.64. The minimum atomic E-state index is -0.921. The fourth-order valence-electron chi connectivity index (χ4n) is 0.610. The van der Waals surface area contributed by atoms with Gasteiger partial charge in [0.1, 0.15) is 0 Å². The van der Waals surface area contributed by atoms with Crippen LogP contribution in [0.5, 0.6) is 0 Å². The second kappa shape index (κ2) is 8.74. The van der Waals surface area contributed by atoms with Gasteiger partial charge in [-0.3, -0.25) is 0 Å². The van der Waals surface area contributed by atoms with Crippen LogP contribution < -0.4 is 0 Å². The molecule has 0 amide bonds. The van der Waals surface area contributed by atoms with E-state index in [9.17, 15) is 19.2 Å². The molecular formula is C10H12O8. The van der Waals surface area contributed by atoms with Gasteiger partial charge in [0.05, 0.1) is 14.2 Å². The van der Waals surface area contributed by atoms with E-state index in [1.807, 2.05) is 0 Å². The van der Waals surface area contributed by atoms with Gasteiger partial charge in [0.2, 0.25) is 0 Å². The van der Waals surface area contributed by atoms with Gasteiger partial charge in [-0.05, 0) is 0 Å². The van der Waals surface area contributed by atoms with Gasteiger partial charge in [-0.25, -0.2) is 19.2 Å². The molecule has 0 atom stereocenters. The molecule has 0 radical (unpaired) electrons. The third-order valence-electron chi connectivity index (χ3n) is 1.48. The van der Waals surface area contributed by atoms with Crippen molar-refractivity contribution in [2.45, 2.75) is 0 Å². The molecule has 0 spiro atoms. The second-order valence-corrected chi connectivity index (χ2v) is 2.70. The first-order valence-electron chi connectivity index (χ1n) is 4.64. The number of carbonyl (C=O) groups excluding carboxylic acids is 4. The number of methoxy groups -OCH3 is 2. The van der Waals surface area contributed by atoms with Crippen LogP contribution >= 0.6 is 0 Å². The highest BCUT2D eigenvalue weighted by Crippen LogP contribution is 1.87. The zero-order valence-electron chi connectivity index (χ0n) is 9.83. The summed E-state index contributed by atoms with van der Waals surface area (Å²) in [5.74, 6) is -3.30. The fraction of sp³-hybridized carbons (Fsp3) is 0.400. The smallest absolute Gasteiger partial charge is 0.344 e. The summed E-state index contributed by atoms with van der Waals surface area (Å²) in [6.07, 6.45) is 1.51. The van der Waals surface area contributed by atoms with Gasteiger partial charge in [-0.15, -0.1) is 0 Å². The molecule has 18 heavy (non-hydrogen) atoms. The second-order valence-electron chi connectivity index (χ2n) is 2.70. The molecule has 100 valence electrons. The van der Waals surface area contributed by atoms with Crippen molar-refractivity contribution in [3.63, 3.8) is 0 Å². The van der Waals surface area contributed by atoms with Crippen LogP contribution in [0.15, 0.2) is 12.2 Å². The normalized spacial score (nSPS) is 9.67. The third kappa shape index (κ3) is 7.85. The van der Waals surface area contributed by atoms with Gasteiger partial charge < -0.3 is 18.9 Å². The van der Waals surface area contributed by atoms with E-state index in [2.05, 4.69) is 18.9 Å². The van der Waals surface area contributed by atoms with Gasteiger partial charge in [-0.1, -0.05) is 0 Å². The standard InChI is InChI=1S/C10H12O8/c1-15-9(13)5-17-7(11)3-4-8(12)18-6-10(14)16-2/h3-4H,5-6H2,1-2H3. The van der Waals surface area contributed by atoms with Crippen LogP contribution in [0.4, 0.5) is 0 Å². The molecule has 0 N–H and O–H groups in total. The molecule has 0 bridgehead atoms. The highest BCUT2D eigenvalue weighted by atomic mass is 16.6. The summed E-state index contributed by atoms with van der Waals surface area (Å²) in [7, 11) is 2.27. The average Bonchev–Trinajstić information content (AvgIpc) is 2.39. The molecule has 0 heterocycles. The van der Waals surface area contributed by atoms with E-state index >= 15 is 0 Å². The minimum Gasteiger partial charge on any atom is -0.466 e. The molecule has 0 aromatic rings. The quantitative estimate of drug-likeness (QED) is 0.339. The molecule has 8 nitrogen and oxygen atoms in total. The molecule has 8 heteroatoms. The topological polar surface area (TPSA) is 105 Å². The average molecular weight is 260 g/mol. The summed E-state index contributed by atoms with van der Waals surface area (Å²) in [6, 6.07) is 0. The largest absolute Gasteiger partial charge is 0.466 e. The molecule has 0 fully saturated rings. The lowest BCUT2D eigenvalue weighted by Crippen LogP contribution is -2.15. The van der Waals surface area contributed by atoms with E-state index in [0.29, 0.717) is 0 Å². The fourth-order valence-corrected chi connectivity index (χ4v) is 0.610. The van der Waals surface area contributed by atoms with Gasteiger partial charge >= 0.3 is 23.9 Å². The van der Waals surface area contributed by atoms with Crippen molar-refractivity contribution in [1.29, 1.82) is 0 Å². The molecule has 0 aromatic carbocycles. The number of ether oxygens (including phenoxy) is 4. The zero-order chi connectivity index (χ0) is 14.0. The zero-order valence-corrected chi connectivity index (χ0v) is 9.83. The number of rotatable bonds is 6. The van der Waals surface area contributed by atoms with Gasteiger partial charge in [0.25, 0.3) is 0 Å². The Hall–Kier alpha value is -2.38. The maximum absolute atomic E-state index is 10.9. The van der Waals surface area contributed by atoms with Gasteiger partial charge in [0.15, 0.2) is 13.2 Å². The Kier molecular flexibility index (Phi) is 7.58. The van der Waals surface area contributed by atoms with Crippen molar-refractivity contribution in [2.24, 2.45) is 0 Å². The monoisotopic (exact) mass is 260 g/mol. The number of carbonyl (C=O) groups is 4. The van der Waals surface area contributed by atoms with E-state index < -0.39 is 37.1 Å². The Balaban J connectivity index is 3.92. The van der Waals surface area contributed by atoms with Crippen LogP contribution in [-0.4, -0.2) is 51.3 Å². The molecule has 0 aromatic heterocycles. The number of esters is 4. The SMILES string of the molecule is COC(=O)COC(=O)C=CC(=O)OCC(=O)OC. The lowest BCUT2D eigenvalue weighted by Gasteiger charge is -2.00. The van der Waals surface area contributed by atoms with E-state index in [4.69, 9.17) is 0 Å². The Bertz CT molecular complexity index is 323. The van der Waals surface area contributed by atoms with E-state index in [1.165, 1.54) is 0 Å². The van der Waals surface area contributed by atoms with Crippen LogP contribution in [0.1, 0.15) is 0 Å². The Morgan fingerprint density at radius 3 is 1.39 bits per heavy atom. The summed E-state index contributed by atoms with van der Waals surface area (Å²) in [5.41, 5.74) is 0. The number of hydrogen-bond donors (Lipinski definition) is 0. The van der Waals surface area contributed by atoms with E-state index in [-0.39, 0.29) is 0 Å². The lowest BCUT2D eigenvalue weighted by atomic mass is 10.5. The Morgan fingerprint density at radius 1 is 0.778 bits per heavy atom. The highest BCUT2D eigenvalue weighted by Gasteiger charge is 2.07. The lowest BCUT2D eigenvalue weighted by molar-refractivity contribution is -0.154. The van der Waals surface area contributed by atoms with Crippen molar-refractivity contribution in [2.75, 3.05) is 27.4 Å². The first kappa shape index (κ1) is 15.6. The Labute approximate surface area is 102 Å². The third-order valence-corrected chi connectivity index (χ3v) is 1.48. The van der Waals surface area contributed by atoms with Crippen LogP contribution in [0, 0.1) is 0 Å². The van der Waals surface area contributed by atoms with Crippen molar-refractivity contribution in [1.82, 2.24) is 0 Å². The summed E-state index contributed by atoms with van der Waals surface area (Å²) in [5, 5.41) is 0. The van der Waals surface area contributed by atoms with Crippen LogP contribution in [0.2, 0.25) is 0 Å². The van der Waals surface area contributed by atoms with Gasteiger partial charge in [0, 0.05) is 12.2 Å². The predicted molar refractivity (Wildman–Crippen MR) is 55.1 cm³/mol. The molecule has 0 rings (SSSR count). The molecule has 0 saturated carbocycles. The van der Waals surface area contributed by atoms with Crippen molar-refractivity contribution >= 4 is 23.9 Å². The predicted octanol–water partition coefficient (Wildman–Crippen LogP) is -1.02. The van der Waals surface area contributed by atoms with Crippen LogP contribution in [-0.2, 0) is 38.1 Å². The molecule has 0 unspecified atom stereocenters. The number of hydrogen-bond acceptors (Lipinski definition) is 8. The molecule has 0 aliphatic heterocycles. The summed E-state index contributed by atoms with van der Waals surface area (Å²) >= 11 is 0. The maximum atomic E-state index is 10.9. The minimum absolute atomic E-state index is 0.559. The molecule has 0 saturated heterocycles. The van der Waals surface area contributed by atoms with E-state index in [1.54, 1.807) is 0 Å². The highest BCUT2D eigenvalue weighted by molar-refractivity contribution is 5.92. The Morgan fingerprint density at radius 2 is 1.11 bits per heavy atom. The van der Waals surface area contributed by atoms with Crippen molar-refractivity contribution in [3.8, 4) is 0 Å². The summed E-state index contributed by atoms with van der Waals surface area (Å²) < 4.78 is 17.2. The molecule has 0 aliphatic carbocycles. The summed E-state index contributed by atoms with van der Waals surface area (Å²) in [6.45, 7) is -1.12. The van der Waals surface area contributed by atoms with Gasteiger partial charge in [-0.2, -0.15) is 0 Å². The van der Waals surface area contributed by atoms with Crippen LogP contribution in [0.25, 0.3) is 0 Å². The van der Waals surface area contributed by atoms with Crippen LogP contribution in [0.3, 0.4) is 0 Å². The maximum Gasteiger partial charge on any atom is 0.344 e. The first-order chi connectivity index (χ1) is 8.49. The molecule has 0 aliphatic rings. The summed E-state index contributed by atoms with van der Waals surface area (Å²) in [4.78, 5) is 43.1. The van der Waals surface area contributed by atoms with E-state index in [0.717, 1.165) is 26.4 Å². The van der Waals surface area contributed by atoms with Crippen molar-refractivity contribution < 1.29 is 38.1 Å². The van der Waals surface area contributed by atoms with Crippen molar-refractivity contribution in [3.05, 3.63) is 12.2 Å².